The summed E-state index contributed by atoms with van der Waals surface area (Å²) in [4.78, 5) is 28.6. The fourth-order valence-electron chi connectivity index (χ4n) is 6.45. The van der Waals surface area contributed by atoms with Crippen LogP contribution in [-0.2, 0) is 20.4 Å². The molecule has 3 rings (SSSR count). The Balaban J connectivity index is 2.09. The van der Waals surface area contributed by atoms with Crippen molar-refractivity contribution in [1.82, 2.24) is 10.2 Å². The first-order valence-electron chi connectivity index (χ1n) is 17.4. The fourth-order valence-corrected chi connectivity index (χ4v) is 11.1. The third kappa shape index (κ3) is 10.5. The van der Waals surface area contributed by atoms with Crippen molar-refractivity contribution in [1.29, 1.82) is 0 Å². The number of ether oxygens (including phenoxy) is 1. The van der Waals surface area contributed by atoms with Crippen LogP contribution in [-0.4, -0.2) is 67.3 Å². The number of nitrogens with one attached hydrogen (secondary N) is 1. The molecule has 262 valence electrons. The summed E-state index contributed by atoms with van der Waals surface area (Å²) in [7, 11) is -2.95. The van der Waals surface area contributed by atoms with Crippen LogP contribution in [0.4, 0.5) is 4.79 Å². The lowest BCUT2D eigenvalue weighted by molar-refractivity contribution is -0.151. The number of rotatable bonds is 17. The monoisotopic (exact) mass is 674 g/mol. The largest absolute Gasteiger partial charge is 0.480 e. The highest BCUT2D eigenvalue weighted by molar-refractivity contribution is 6.99. The highest BCUT2D eigenvalue weighted by atomic mass is 28.4. The Hall–Kier alpha value is -3.46. The summed E-state index contributed by atoms with van der Waals surface area (Å²) in [6.07, 6.45) is 3.77. The molecule has 0 radical (unpaired) electrons. The fraction of sp³-hybridized carbons (Fsp3) is 0.500. The van der Waals surface area contributed by atoms with Crippen LogP contribution >= 0.6 is 0 Å². The highest BCUT2D eigenvalue weighted by Crippen LogP contribution is 2.37. The predicted octanol–water partition coefficient (Wildman–Crippen LogP) is 7.42. The van der Waals surface area contributed by atoms with E-state index in [0.717, 1.165) is 41.6 Å². The van der Waals surface area contributed by atoms with Gasteiger partial charge in [-0.2, -0.15) is 0 Å². The van der Waals surface area contributed by atoms with Gasteiger partial charge in [-0.15, -0.1) is 0 Å². The number of alkyl carbamates (subject to hydrolysis) is 1. The number of benzene rings is 3. The Labute approximate surface area is 290 Å². The van der Waals surface area contributed by atoms with E-state index >= 15 is 0 Å². The molecule has 8 heteroatoms. The molecular formula is C40H58N2O5Si. The molecule has 0 aliphatic heterocycles. The minimum absolute atomic E-state index is 0.180. The minimum atomic E-state index is -2.95. The number of aliphatic carboxylic acids is 1. The molecule has 3 aromatic carbocycles. The third-order valence-electron chi connectivity index (χ3n) is 8.91. The molecule has 0 fully saturated rings. The van der Waals surface area contributed by atoms with Gasteiger partial charge in [0.05, 0.1) is 12.6 Å². The van der Waals surface area contributed by atoms with Gasteiger partial charge < -0.3 is 19.6 Å². The first-order chi connectivity index (χ1) is 22.6. The summed E-state index contributed by atoms with van der Waals surface area (Å²) in [5, 5.41) is 15.9. The summed E-state index contributed by atoms with van der Waals surface area (Å²) in [6, 6.07) is 30.0. The van der Waals surface area contributed by atoms with Gasteiger partial charge in [-0.25, -0.2) is 4.79 Å². The summed E-state index contributed by atoms with van der Waals surface area (Å²) >= 11 is 0. The topological polar surface area (TPSA) is 88.1 Å². The van der Waals surface area contributed by atoms with Crippen molar-refractivity contribution in [3.8, 4) is 0 Å². The van der Waals surface area contributed by atoms with Crippen LogP contribution < -0.4 is 15.7 Å². The highest BCUT2D eigenvalue weighted by Gasteiger charge is 2.51. The molecule has 7 nitrogen and oxygen atoms in total. The first kappa shape index (κ1) is 39.0. The van der Waals surface area contributed by atoms with E-state index in [0.29, 0.717) is 13.0 Å². The molecule has 0 heterocycles. The van der Waals surface area contributed by atoms with Gasteiger partial charge in [-0.3, -0.25) is 9.69 Å². The second-order valence-electron chi connectivity index (χ2n) is 15.1. The molecule has 2 atom stereocenters. The first-order valence-corrected chi connectivity index (χ1v) is 19.3. The molecule has 0 aliphatic carbocycles. The average Bonchev–Trinajstić information content (AvgIpc) is 3.02. The van der Waals surface area contributed by atoms with E-state index in [1.165, 1.54) is 0 Å². The molecule has 2 N–H and O–H groups in total. The Morgan fingerprint density at radius 2 is 1.31 bits per heavy atom. The molecular weight excluding hydrogens is 617 g/mol. The molecule has 1 amide bonds. The lowest BCUT2D eigenvalue weighted by Crippen LogP contribution is -2.68. The van der Waals surface area contributed by atoms with Crippen molar-refractivity contribution < 1.29 is 23.9 Å². The Kier molecular flexibility index (Phi) is 14.0. The van der Waals surface area contributed by atoms with Crippen LogP contribution in [0.1, 0.15) is 86.6 Å². The van der Waals surface area contributed by atoms with Gasteiger partial charge in [0.1, 0.15) is 11.1 Å². The molecule has 3 aromatic rings. The van der Waals surface area contributed by atoms with Crippen LogP contribution in [0.5, 0.6) is 0 Å². The number of carbonyl (C=O) groups excluding carboxylic acids is 1. The maximum atomic E-state index is 13.4. The van der Waals surface area contributed by atoms with Crippen molar-refractivity contribution in [2.75, 3.05) is 19.7 Å². The van der Waals surface area contributed by atoms with Crippen LogP contribution in [0.3, 0.4) is 0 Å². The number of unbranched alkanes of at least 4 members (excludes halogenated alkanes) is 3. The Morgan fingerprint density at radius 3 is 1.77 bits per heavy atom. The molecule has 0 aromatic heterocycles. The van der Waals surface area contributed by atoms with Gasteiger partial charge in [0.25, 0.3) is 8.32 Å². The predicted molar refractivity (Wildman–Crippen MR) is 199 cm³/mol. The van der Waals surface area contributed by atoms with Crippen LogP contribution in [0.2, 0.25) is 5.04 Å². The maximum Gasteiger partial charge on any atom is 0.407 e. The lowest BCUT2D eigenvalue weighted by Gasteiger charge is -2.45. The number of carboxylic acids is 1. The molecule has 48 heavy (non-hydrogen) atoms. The van der Waals surface area contributed by atoms with Gasteiger partial charge in [0.15, 0.2) is 0 Å². The van der Waals surface area contributed by atoms with Crippen molar-refractivity contribution in [3.05, 3.63) is 96.6 Å². The second kappa shape index (κ2) is 17.3. The van der Waals surface area contributed by atoms with Crippen molar-refractivity contribution in [2.24, 2.45) is 0 Å². The van der Waals surface area contributed by atoms with Crippen LogP contribution in [0.15, 0.2) is 91.0 Å². The van der Waals surface area contributed by atoms with E-state index in [2.05, 4.69) is 57.3 Å². The number of hydrogen-bond acceptors (Lipinski definition) is 5. The van der Waals surface area contributed by atoms with E-state index in [4.69, 9.17) is 9.16 Å². The molecule has 0 bridgehead atoms. The number of hydrogen-bond donors (Lipinski definition) is 2. The zero-order chi connectivity index (χ0) is 35.4. The van der Waals surface area contributed by atoms with Crippen molar-refractivity contribution >= 4 is 30.8 Å². The summed E-state index contributed by atoms with van der Waals surface area (Å²) in [6.45, 7) is 17.2. The zero-order valence-electron chi connectivity index (χ0n) is 30.4. The average molecular weight is 675 g/mol. The summed E-state index contributed by atoms with van der Waals surface area (Å²) in [5.74, 6) is -0.897. The third-order valence-corrected chi connectivity index (χ3v) is 13.9. The Morgan fingerprint density at radius 1 is 0.792 bits per heavy atom. The molecule has 0 aliphatic rings. The summed E-state index contributed by atoms with van der Waals surface area (Å²) < 4.78 is 13.0. The molecule has 0 saturated carbocycles. The van der Waals surface area contributed by atoms with E-state index in [1.807, 2.05) is 92.4 Å². The van der Waals surface area contributed by atoms with Gasteiger partial charge in [-0.05, 0) is 61.6 Å². The van der Waals surface area contributed by atoms with E-state index in [1.54, 1.807) is 6.92 Å². The van der Waals surface area contributed by atoms with Crippen molar-refractivity contribution in [2.45, 2.75) is 110 Å². The summed E-state index contributed by atoms with van der Waals surface area (Å²) in [5.41, 5.74) is -0.976. The van der Waals surface area contributed by atoms with Crippen LogP contribution in [0, 0.1) is 0 Å². The normalized spacial score (nSPS) is 14.3. The van der Waals surface area contributed by atoms with Gasteiger partial charge >= 0.3 is 12.1 Å². The number of carboxylic acid groups (broad SMARTS) is 1. The second-order valence-corrected chi connectivity index (χ2v) is 19.4. The lowest BCUT2D eigenvalue weighted by atomic mass is 9.90. The quantitative estimate of drug-likeness (QED) is 0.114. The minimum Gasteiger partial charge on any atom is -0.480 e. The number of carbonyl (C=O) groups is 2. The SMILES string of the molecule is CCCCCCN(CC(CO[Si](c1ccccc1)(c1ccccc1)C(C)(C)C)NC(=O)OC(C)(C)C)C(C)(Cc1ccccc1)C(=O)O. The van der Waals surface area contributed by atoms with Gasteiger partial charge in [-0.1, -0.05) is 138 Å². The van der Waals surface area contributed by atoms with E-state index in [9.17, 15) is 14.7 Å². The smallest absolute Gasteiger partial charge is 0.407 e. The van der Waals surface area contributed by atoms with Crippen LogP contribution in [0.25, 0.3) is 0 Å². The maximum absolute atomic E-state index is 13.4. The number of amides is 1. The van der Waals surface area contributed by atoms with Crippen molar-refractivity contribution in [3.63, 3.8) is 0 Å². The molecule has 0 spiro atoms. The van der Waals surface area contributed by atoms with E-state index < -0.39 is 37.6 Å². The van der Waals surface area contributed by atoms with Gasteiger partial charge in [0, 0.05) is 13.0 Å². The molecule has 0 saturated heterocycles. The zero-order valence-corrected chi connectivity index (χ0v) is 31.4. The standard InChI is InChI=1S/C40H58N2O5Si/c1-9-10-11-21-28-42(40(8,36(43)44)29-32-22-15-12-16-23-32)30-33(41-37(45)47-38(2,3)4)31-46-48(39(5,6)7,34-24-17-13-18-25-34)35-26-19-14-20-27-35/h12-20,22-27,33H,9-11,21,28-31H2,1-8H3,(H,41,45)(H,43,44). The van der Waals surface area contributed by atoms with Gasteiger partial charge in [0.2, 0.25) is 0 Å². The van der Waals surface area contributed by atoms with E-state index in [-0.39, 0.29) is 18.2 Å². The molecule has 2 unspecified atom stereocenters. The Bertz CT molecular complexity index is 1370. The number of nitrogens with zero attached hydrogens (tertiary/aromatic N) is 1.